The molecule has 0 radical (unpaired) electrons. The van der Waals surface area contributed by atoms with E-state index >= 15 is 0 Å². The van der Waals surface area contributed by atoms with Gasteiger partial charge in [0.15, 0.2) is 0 Å². The van der Waals surface area contributed by atoms with Crippen LogP contribution in [0.25, 0.3) is 0 Å². The van der Waals surface area contributed by atoms with Crippen LogP contribution in [0.5, 0.6) is 6.01 Å². The second kappa shape index (κ2) is 8.37. The van der Waals surface area contributed by atoms with Gasteiger partial charge in [-0.15, -0.1) is 0 Å². The summed E-state index contributed by atoms with van der Waals surface area (Å²) in [6.45, 7) is 2.62. The van der Waals surface area contributed by atoms with E-state index in [4.69, 9.17) is 9.47 Å². The molecular formula is C22H27N3O4. The molecule has 2 saturated heterocycles. The molecule has 1 aromatic carbocycles. The molecule has 154 valence electrons. The molecule has 2 bridgehead atoms. The molecule has 4 rings (SSSR count). The van der Waals surface area contributed by atoms with Gasteiger partial charge in [-0.25, -0.2) is 14.8 Å². The van der Waals surface area contributed by atoms with Crippen molar-refractivity contribution in [2.45, 2.75) is 63.3 Å². The molecule has 0 spiro atoms. The zero-order valence-corrected chi connectivity index (χ0v) is 16.7. The van der Waals surface area contributed by atoms with Crippen molar-refractivity contribution >= 4 is 6.09 Å². The van der Waals surface area contributed by atoms with Gasteiger partial charge in [0.05, 0.1) is 12.2 Å². The number of benzene rings is 1. The maximum absolute atomic E-state index is 12.8. The first-order chi connectivity index (χ1) is 14.1. The summed E-state index contributed by atoms with van der Waals surface area (Å²) in [7, 11) is 0. The molecule has 3 heterocycles. The molecule has 2 aliphatic rings. The summed E-state index contributed by atoms with van der Waals surface area (Å²) in [5.74, 6) is 0. The van der Waals surface area contributed by atoms with Crippen LogP contribution in [0, 0.1) is 0 Å². The normalized spacial score (nSPS) is 26.1. The van der Waals surface area contributed by atoms with Crippen molar-refractivity contribution < 1.29 is 19.4 Å². The topological polar surface area (TPSA) is 84.8 Å². The van der Waals surface area contributed by atoms with E-state index in [0.29, 0.717) is 31.0 Å². The highest BCUT2D eigenvalue weighted by molar-refractivity contribution is 5.69. The minimum Gasteiger partial charge on any atom is -0.464 e. The first kappa shape index (κ1) is 19.6. The van der Waals surface area contributed by atoms with Gasteiger partial charge < -0.3 is 19.5 Å². The number of aromatic nitrogens is 2. The van der Waals surface area contributed by atoms with Crippen LogP contribution in [0.3, 0.4) is 0 Å². The summed E-state index contributed by atoms with van der Waals surface area (Å²) in [5.41, 5.74) is 0.595. The third kappa shape index (κ3) is 4.19. The number of fused-ring (bicyclic) bond motifs is 2. The fourth-order valence-corrected chi connectivity index (χ4v) is 4.52. The van der Waals surface area contributed by atoms with Gasteiger partial charge in [-0.3, -0.25) is 0 Å². The fourth-order valence-electron chi connectivity index (χ4n) is 4.52. The van der Waals surface area contributed by atoms with Crippen molar-refractivity contribution in [2.24, 2.45) is 0 Å². The van der Waals surface area contributed by atoms with Gasteiger partial charge in [-0.1, -0.05) is 30.3 Å². The number of aliphatic hydroxyl groups is 1. The molecule has 2 aliphatic heterocycles. The standard InChI is InChI=1S/C22H27N3O4/c1-2-28-20-23-13-17(14-24-20)22(27)11-18-9-6-10-19(12-22)25(18)21(26)29-15-16-7-4-3-5-8-16/h3-5,7-8,13-14,18-19,27H,2,6,9-12,15H2,1H3. The molecule has 29 heavy (non-hydrogen) atoms. The van der Waals surface area contributed by atoms with Crippen LogP contribution >= 0.6 is 0 Å². The van der Waals surface area contributed by atoms with Crippen LogP contribution in [0.1, 0.15) is 50.2 Å². The summed E-state index contributed by atoms with van der Waals surface area (Å²) >= 11 is 0. The lowest BCUT2D eigenvalue weighted by molar-refractivity contribution is -0.0899. The van der Waals surface area contributed by atoms with Gasteiger partial charge >= 0.3 is 12.1 Å². The number of rotatable bonds is 5. The Morgan fingerprint density at radius 3 is 2.45 bits per heavy atom. The van der Waals surface area contributed by atoms with Crippen molar-refractivity contribution in [3.63, 3.8) is 0 Å². The van der Waals surface area contributed by atoms with Crippen molar-refractivity contribution in [1.29, 1.82) is 0 Å². The molecule has 0 saturated carbocycles. The number of carbonyl (C=O) groups excluding carboxylic acids is 1. The minimum absolute atomic E-state index is 0.0534. The number of piperidine rings is 2. The van der Waals surface area contributed by atoms with Gasteiger partial charge in [0.2, 0.25) is 0 Å². The highest BCUT2D eigenvalue weighted by Gasteiger charge is 2.49. The van der Waals surface area contributed by atoms with Crippen LogP contribution < -0.4 is 4.74 Å². The third-order valence-electron chi connectivity index (χ3n) is 5.86. The van der Waals surface area contributed by atoms with Crippen molar-refractivity contribution in [1.82, 2.24) is 14.9 Å². The first-order valence-electron chi connectivity index (χ1n) is 10.3. The Labute approximate surface area is 170 Å². The minimum atomic E-state index is -1.04. The molecule has 1 N–H and O–H groups in total. The van der Waals surface area contributed by atoms with Crippen LogP contribution in [0.4, 0.5) is 4.79 Å². The quantitative estimate of drug-likeness (QED) is 0.832. The summed E-state index contributed by atoms with van der Waals surface area (Å²) in [6, 6.07) is 9.87. The lowest BCUT2D eigenvalue weighted by atomic mass is 9.73. The molecule has 2 atom stereocenters. The predicted molar refractivity (Wildman–Crippen MR) is 106 cm³/mol. The van der Waals surface area contributed by atoms with Crippen LogP contribution in [-0.2, 0) is 16.9 Å². The number of hydrogen-bond donors (Lipinski definition) is 1. The monoisotopic (exact) mass is 397 g/mol. The lowest BCUT2D eigenvalue weighted by Gasteiger charge is -2.51. The maximum Gasteiger partial charge on any atom is 0.410 e. The Kier molecular flexibility index (Phi) is 5.67. The largest absolute Gasteiger partial charge is 0.464 e. The van der Waals surface area contributed by atoms with Crippen molar-refractivity contribution in [3.8, 4) is 6.01 Å². The Balaban J connectivity index is 1.46. The molecule has 7 heteroatoms. The molecule has 7 nitrogen and oxygen atoms in total. The van der Waals surface area contributed by atoms with E-state index in [0.717, 1.165) is 24.8 Å². The molecular weight excluding hydrogens is 370 g/mol. The van der Waals surface area contributed by atoms with E-state index < -0.39 is 5.60 Å². The zero-order valence-electron chi connectivity index (χ0n) is 16.7. The van der Waals surface area contributed by atoms with Crippen molar-refractivity contribution in [3.05, 3.63) is 53.9 Å². The average Bonchev–Trinajstić information content (AvgIpc) is 2.73. The molecule has 1 amide bonds. The van der Waals surface area contributed by atoms with E-state index in [2.05, 4.69) is 9.97 Å². The Morgan fingerprint density at radius 2 is 1.83 bits per heavy atom. The van der Waals surface area contributed by atoms with E-state index in [1.165, 1.54) is 0 Å². The van der Waals surface area contributed by atoms with Gasteiger partial charge in [0.25, 0.3) is 0 Å². The Bertz CT molecular complexity index is 814. The number of hydrogen-bond acceptors (Lipinski definition) is 6. The summed E-state index contributed by atoms with van der Waals surface area (Å²) in [4.78, 5) is 23.1. The predicted octanol–water partition coefficient (Wildman–Crippen LogP) is 3.42. The first-order valence-corrected chi connectivity index (χ1v) is 10.3. The smallest absolute Gasteiger partial charge is 0.410 e. The number of amides is 1. The lowest BCUT2D eigenvalue weighted by Crippen LogP contribution is -2.59. The van der Waals surface area contributed by atoms with Crippen molar-refractivity contribution in [2.75, 3.05) is 6.61 Å². The molecule has 2 unspecified atom stereocenters. The summed E-state index contributed by atoms with van der Waals surface area (Å²) in [6.07, 6.45) is 6.66. The molecule has 2 fully saturated rings. The van der Waals surface area contributed by atoms with Gasteiger partial charge in [0.1, 0.15) is 6.61 Å². The molecule has 0 aliphatic carbocycles. The third-order valence-corrected chi connectivity index (χ3v) is 5.86. The Morgan fingerprint density at radius 1 is 1.17 bits per heavy atom. The number of nitrogens with zero attached hydrogens (tertiary/aromatic N) is 3. The second-order valence-corrected chi connectivity index (χ2v) is 7.81. The number of ether oxygens (including phenoxy) is 2. The fraction of sp³-hybridized carbons (Fsp3) is 0.500. The number of carbonyl (C=O) groups is 1. The average molecular weight is 397 g/mol. The molecule has 2 aromatic rings. The van der Waals surface area contributed by atoms with E-state index in [1.54, 1.807) is 12.4 Å². The maximum atomic E-state index is 12.8. The highest BCUT2D eigenvalue weighted by Crippen LogP contribution is 2.44. The molecule has 1 aromatic heterocycles. The Hall–Kier alpha value is -2.67. The second-order valence-electron chi connectivity index (χ2n) is 7.81. The van der Waals surface area contributed by atoms with E-state index in [1.807, 2.05) is 42.2 Å². The van der Waals surface area contributed by atoms with Crippen LogP contribution in [0.2, 0.25) is 0 Å². The zero-order chi connectivity index (χ0) is 20.3. The SMILES string of the molecule is CCOc1ncc(C2(O)CC3CCCC(C2)N3C(=O)OCc2ccccc2)cn1. The van der Waals surface area contributed by atoms with Gasteiger partial charge in [0, 0.05) is 42.9 Å². The highest BCUT2D eigenvalue weighted by atomic mass is 16.6. The summed E-state index contributed by atoms with van der Waals surface area (Å²) < 4.78 is 10.9. The summed E-state index contributed by atoms with van der Waals surface area (Å²) in [5, 5.41) is 11.4. The van der Waals surface area contributed by atoms with Crippen LogP contribution in [0.15, 0.2) is 42.7 Å². The van der Waals surface area contributed by atoms with E-state index in [9.17, 15) is 9.90 Å². The van der Waals surface area contributed by atoms with Gasteiger partial charge in [-0.2, -0.15) is 0 Å². The van der Waals surface area contributed by atoms with Crippen LogP contribution in [-0.4, -0.2) is 44.8 Å². The van der Waals surface area contributed by atoms with Gasteiger partial charge in [-0.05, 0) is 31.7 Å². The van der Waals surface area contributed by atoms with E-state index in [-0.39, 0.29) is 24.8 Å².